The smallest absolute Gasteiger partial charge is 0.223 e. The molecule has 0 unspecified atom stereocenters. The van der Waals surface area contributed by atoms with Crippen LogP contribution in [0.25, 0.3) is 0 Å². The fourth-order valence-corrected chi connectivity index (χ4v) is 0.515. The van der Waals surface area contributed by atoms with Gasteiger partial charge in [0.15, 0.2) is 5.76 Å². The first-order chi connectivity index (χ1) is 4.34. The average Bonchev–Trinajstić information content (AvgIpc) is 2.37. The summed E-state index contributed by atoms with van der Waals surface area (Å²) in [5.41, 5.74) is 0. The van der Waals surface area contributed by atoms with E-state index in [4.69, 9.17) is 5.11 Å². The van der Waals surface area contributed by atoms with Crippen LogP contribution in [0.1, 0.15) is 10.6 Å². The molecular weight excluding hydrogens is 136 g/mol. The van der Waals surface area contributed by atoms with Gasteiger partial charge in [0, 0.05) is 0 Å². The second-order valence-electron chi connectivity index (χ2n) is 1.56. The fraction of sp³-hybridized carbons (Fsp3) is 0.167. The van der Waals surface area contributed by atoms with Gasteiger partial charge in [-0.15, -0.1) is 0 Å². The molecule has 1 rings (SSSR count). The van der Waals surface area contributed by atoms with E-state index in [9.17, 15) is 4.79 Å². The second-order valence-corrected chi connectivity index (χ2v) is 1.56. The zero-order chi connectivity index (χ0) is 6.69. The molecule has 0 saturated carbocycles. The third-order valence-electron chi connectivity index (χ3n) is 0.940. The first-order valence-electron chi connectivity index (χ1n) is 2.52. The highest BCUT2D eigenvalue weighted by Crippen LogP contribution is 1.99. The SMILES string of the molecule is O.O=C(CO)c1ccco1. The Bertz CT molecular complexity index is 190. The number of aliphatic hydroxyl groups is 1. The molecule has 0 atom stereocenters. The zero-order valence-corrected chi connectivity index (χ0v) is 5.20. The van der Waals surface area contributed by atoms with E-state index in [2.05, 4.69) is 4.42 Å². The van der Waals surface area contributed by atoms with E-state index in [1.807, 2.05) is 0 Å². The van der Waals surface area contributed by atoms with Gasteiger partial charge in [0.1, 0.15) is 6.61 Å². The molecule has 0 radical (unpaired) electrons. The topological polar surface area (TPSA) is 81.9 Å². The van der Waals surface area contributed by atoms with Crippen LogP contribution in [0.5, 0.6) is 0 Å². The number of hydrogen-bond donors (Lipinski definition) is 1. The molecule has 1 aromatic heterocycles. The molecule has 0 spiro atoms. The van der Waals surface area contributed by atoms with Crippen LogP contribution in [-0.2, 0) is 0 Å². The zero-order valence-electron chi connectivity index (χ0n) is 5.20. The van der Waals surface area contributed by atoms with E-state index in [0.29, 0.717) is 0 Å². The third kappa shape index (κ3) is 1.68. The second kappa shape index (κ2) is 3.81. The molecule has 4 nitrogen and oxygen atoms in total. The van der Waals surface area contributed by atoms with Crippen LogP contribution < -0.4 is 0 Å². The predicted molar refractivity (Wildman–Crippen MR) is 33.7 cm³/mol. The van der Waals surface area contributed by atoms with Crippen molar-refractivity contribution >= 4 is 5.78 Å². The lowest BCUT2D eigenvalue weighted by Gasteiger charge is -1.85. The van der Waals surface area contributed by atoms with Crippen molar-refractivity contribution in [2.24, 2.45) is 0 Å². The molecule has 3 N–H and O–H groups in total. The van der Waals surface area contributed by atoms with E-state index in [-0.39, 0.29) is 17.0 Å². The Hall–Kier alpha value is -1.13. The largest absolute Gasteiger partial charge is 0.461 e. The summed E-state index contributed by atoms with van der Waals surface area (Å²) in [5, 5.41) is 8.30. The molecule has 10 heavy (non-hydrogen) atoms. The number of carbonyl (C=O) groups is 1. The summed E-state index contributed by atoms with van der Waals surface area (Å²) in [6.07, 6.45) is 1.39. The molecule has 1 aromatic rings. The Morgan fingerprint density at radius 3 is 2.80 bits per heavy atom. The van der Waals surface area contributed by atoms with E-state index < -0.39 is 6.61 Å². The normalized spacial score (nSPS) is 8.50. The summed E-state index contributed by atoms with van der Waals surface area (Å²) < 4.78 is 4.68. The minimum Gasteiger partial charge on any atom is -0.461 e. The lowest BCUT2D eigenvalue weighted by molar-refractivity contribution is 0.0876. The van der Waals surface area contributed by atoms with Gasteiger partial charge in [-0.2, -0.15) is 0 Å². The van der Waals surface area contributed by atoms with E-state index >= 15 is 0 Å². The number of Topliss-reactive ketones (excluding diaryl/α,β-unsaturated/α-hetero) is 1. The van der Waals surface area contributed by atoms with Crippen LogP contribution in [0, 0.1) is 0 Å². The monoisotopic (exact) mass is 144 g/mol. The maximum Gasteiger partial charge on any atom is 0.223 e. The first-order valence-corrected chi connectivity index (χ1v) is 2.52. The summed E-state index contributed by atoms with van der Waals surface area (Å²) in [7, 11) is 0. The summed E-state index contributed by atoms with van der Waals surface area (Å²) in [6, 6.07) is 3.11. The molecule has 4 heteroatoms. The van der Waals surface area contributed by atoms with E-state index in [0.717, 1.165) is 0 Å². The van der Waals surface area contributed by atoms with Crippen molar-refractivity contribution in [1.82, 2.24) is 0 Å². The number of rotatable bonds is 2. The average molecular weight is 144 g/mol. The van der Waals surface area contributed by atoms with Crippen molar-refractivity contribution < 1.29 is 19.8 Å². The summed E-state index contributed by atoms with van der Waals surface area (Å²) in [6.45, 7) is -0.493. The van der Waals surface area contributed by atoms with Gasteiger partial charge in [-0.05, 0) is 12.1 Å². The highest BCUT2D eigenvalue weighted by Gasteiger charge is 2.04. The van der Waals surface area contributed by atoms with Crippen LogP contribution in [0.2, 0.25) is 0 Å². The Labute approximate surface area is 57.4 Å². The van der Waals surface area contributed by atoms with Gasteiger partial charge in [-0.25, -0.2) is 0 Å². The maximum atomic E-state index is 10.5. The van der Waals surface area contributed by atoms with Gasteiger partial charge in [-0.3, -0.25) is 4.79 Å². The number of furan rings is 1. The minimum atomic E-state index is -0.493. The van der Waals surface area contributed by atoms with Gasteiger partial charge in [0.05, 0.1) is 6.26 Å². The number of aliphatic hydroxyl groups excluding tert-OH is 1. The van der Waals surface area contributed by atoms with E-state index in [1.165, 1.54) is 12.3 Å². The van der Waals surface area contributed by atoms with Crippen molar-refractivity contribution in [1.29, 1.82) is 0 Å². The van der Waals surface area contributed by atoms with Crippen LogP contribution >= 0.6 is 0 Å². The molecule has 56 valence electrons. The summed E-state index contributed by atoms with van der Waals surface area (Å²) in [4.78, 5) is 10.5. The van der Waals surface area contributed by atoms with Crippen molar-refractivity contribution in [2.45, 2.75) is 0 Å². The molecule has 0 aliphatic heterocycles. The lowest BCUT2D eigenvalue weighted by atomic mass is 10.3. The van der Waals surface area contributed by atoms with Gasteiger partial charge in [-0.1, -0.05) is 0 Å². The van der Waals surface area contributed by atoms with Gasteiger partial charge in [0.25, 0.3) is 0 Å². The fourth-order valence-electron chi connectivity index (χ4n) is 0.515. The van der Waals surface area contributed by atoms with E-state index in [1.54, 1.807) is 6.07 Å². The molecular formula is C6H8O4. The van der Waals surface area contributed by atoms with Crippen LogP contribution in [-0.4, -0.2) is 23.0 Å². The third-order valence-corrected chi connectivity index (χ3v) is 0.940. The van der Waals surface area contributed by atoms with Gasteiger partial charge < -0.3 is 15.0 Å². The molecule has 0 aliphatic carbocycles. The Morgan fingerprint density at radius 1 is 1.70 bits per heavy atom. The van der Waals surface area contributed by atoms with Crippen LogP contribution in [0.15, 0.2) is 22.8 Å². The maximum absolute atomic E-state index is 10.5. The number of carbonyl (C=O) groups excluding carboxylic acids is 1. The molecule has 0 aliphatic rings. The molecule has 0 bridgehead atoms. The van der Waals surface area contributed by atoms with Crippen LogP contribution in [0.4, 0.5) is 0 Å². The lowest BCUT2D eigenvalue weighted by Crippen LogP contribution is -2.01. The Kier molecular flexibility index (Phi) is 3.38. The van der Waals surface area contributed by atoms with Crippen molar-refractivity contribution in [2.75, 3.05) is 6.61 Å². The predicted octanol–water partition coefficient (Wildman–Crippen LogP) is -0.370. The summed E-state index contributed by atoms with van der Waals surface area (Å²) >= 11 is 0. The first kappa shape index (κ1) is 8.87. The number of ketones is 1. The minimum absolute atomic E-state index is 0. The summed E-state index contributed by atoms with van der Waals surface area (Å²) in [5.74, 6) is -0.183. The van der Waals surface area contributed by atoms with Gasteiger partial charge in [0.2, 0.25) is 5.78 Å². The van der Waals surface area contributed by atoms with Crippen molar-refractivity contribution in [3.8, 4) is 0 Å². The molecule has 0 saturated heterocycles. The van der Waals surface area contributed by atoms with Crippen molar-refractivity contribution in [3.05, 3.63) is 24.2 Å². The van der Waals surface area contributed by atoms with Crippen LogP contribution in [0.3, 0.4) is 0 Å². The Morgan fingerprint density at radius 2 is 2.40 bits per heavy atom. The quantitative estimate of drug-likeness (QED) is 0.575. The number of hydrogen-bond acceptors (Lipinski definition) is 3. The molecule has 1 heterocycles. The standard InChI is InChI=1S/C6H6O3.H2O/c7-4-5(8)6-2-1-3-9-6;/h1-3,7H,4H2;1H2. The highest BCUT2D eigenvalue weighted by atomic mass is 16.3. The van der Waals surface area contributed by atoms with Gasteiger partial charge >= 0.3 is 0 Å². The molecule has 0 amide bonds. The molecule has 0 aromatic carbocycles. The van der Waals surface area contributed by atoms with Crippen molar-refractivity contribution in [3.63, 3.8) is 0 Å². The Balaban J connectivity index is 0.000000810. The molecule has 0 fully saturated rings. The highest BCUT2D eigenvalue weighted by molar-refractivity contribution is 5.94.